The number of hydrogen-bond acceptors (Lipinski definition) is 4. The summed E-state index contributed by atoms with van der Waals surface area (Å²) in [6.45, 7) is 3.91. The molecule has 1 aliphatic rings. The number of benzene rings is 3. The van der Waals surface area contributed by atoms with Crippen LogP contribution in [0.25, 0.3) is 16.8 Å². The summed E-state index contributed by atoms with van der Waals surface area (Å²) in [4.78, 5) is 4.47. The van der Waals surface area contributed by atoms with Crippen molar-refractivity contribution in [1.82, 2.24) is 14.7 Å². The number of rotatable bonds is 5. The maximum Gasteiger partial charge on any atom is 0.146 e. The number of aromatic nitrogens is 2. The lowest BCUT2D eigenvalue weighted by molar-refractivity contribution is 0.246. The van der Waals surface area contributed by atoms with Gasteiger partial charge in [-0.2, -0.15) is 5.10 Å². The average Bonchev–Trinajstić information content (AvgIpc) is 3.16. The second-order valence-electron chi connectivity index (χ2n) is 8.03. The molecule has 3 aromatic carbocycles. The van der Waals surface area contributed by atoms with Crippen LogP contribution in [-0.2, 0) is 6.54 Å². The molecule has 5 nitrogen and oxygen atoms in total. The van der Waals surface area contributed by atoms with Crippen molar-refractivity contribution in [3.05, 3.63) is 96.4 Å². The van der Waals surface area contributed by atoms with E-state index < -0.39 is 0 Å². The molecule has 1 aliphatic heterocycles. The molecule has 1 saturated heterocycles. The highest BCUT2D eigenvalue weighted by atomic mass is 19.1. The first-order valence-electron chi connectivity index (χ1n) is 10.9. The monoisotopic (exact) mass is 427 g/mol. The van der Waals surface area contributed by atoms with Crippen molar-refractivity contribution < 1.29 is 4.39 Å². The van der Waals surface area contributed by atoms with E-state index in [0.717, 1.165) is 48.7 Å². The molecule has 0 saturated carbocycles. The molecule has 0 aliphatic carbocycles. The van der Waals surface area contributed by atoms with Crippen LogP contribution in [0.2, 0.25) is 0 Å². The Labute approximate surface area is 187 Å². The van der Waals surface area contributed by atoms with Crippen molar-refractivity contribution in [3.8, 4) is 16.8 Å². The number of halogens is 1. The molecular formula is C26H26FN5. The number of piperazine rings is 1. The molecule has 0 radical (unpaired) electrons. The minimum Gasteiger partial charge on any atom is -0.383 e. The van der Waals surface area contributed by atoms with Gasteiger partial charge in [-0.15, -0.1) is 0 Å². The topological polar surface area (TPSA) is 50.3 Å². The lowest BCUT2D eigenvalue weighted by Crippen LogP contribution is -2.46. The van der Waals surface area contributed by atoms with E-state index in [-0.39, 0.29) is 5.82 Å². The molecule has 6 heteroatoms. The first-order valence-corrected chi connectivity index (χ1v) is 10.9. The highest BCUT2D eigenvalue weighted by Crippen LogP contribution is 2.32. The van der Waals surface area contributed by atoms with Crippen molar-refractivity contribution in [2.24, 2.45) is 0 Å². The predicted octanol–water partition coefficient (Wildman–Crippen LogP) is 4.58. The van der Waals surface area contributed by atoms with E-state index in [4.69, 9.17) is 10.8 Å². The molecule has 5 rings (SSSR count). The molecular weight excluding hydrogens is 401 g/mol. The molecule has 0 unspecified atom stereocenters. The summed E-state index contributed by atoms with van der Waals surface area (Å²) in [5, 5.41) is 4.92. The van der Waals surface area contributed by atoms with Gasteiger partial charge < -0.3 is 10.6 Å². The fourth-order valence-electron chi connectivity index (χ4n) is 4.34. The van der Waals surface area contributed by atoms with E-state index in [1.54, 1.807) is 6.07 Å². The van der Waals surface area contributed by atoms with E-state index in [9.17, 15) is 4.39 Å². The highest BCUT2D eigenvalue weighted by molar-refractivity contribution is 5.77. The number of anilines is 2. The van der Waals surface area contributed by atoms with Crippen LogP contribution in [0, 0.1) is 5.82 Å². The first kappa shape index (κ1) is 20.3. The molecule has 32 heavy (non-hydrogen) atoms. The van der Waals surface area contributed by atoms with E-state index in [0.29, 0.717) is 18.1 Å². The summed E-state index contributed by atoms with van der Waals surface area (Å²) in [7, 11) is 0. The second-order valence-corrected chi connectivity index (χ2v) is 8.03. The number of nitrogens with two attached hydrogens (primary N) is 1. The van der Waals surface area contributed by atoms with Crippen LogP contribution in [-0.4, -0.2) is 40.9 Å². The van der Waals surface area contributed by atoms with Gasteiger partial charge in [0.05, 0.1) is 17.1 Å². The zero-order valence-electron chi connectivity index (χ0n) is 17.9. The van der Waals surface area contributed by atoms with Gasteiger partial charge in [-0.25, -0.2) is 9.07 Å². The Balaban J connectivity index is 1.41. The summed E-state index contributed by atoms with van der Waals surface area (Å²) in [6.07, 6.45) is 0. The smallest absolute Gasteiger partial charge is 0.146 e. The quantitative estimate of drug-likeness (QED) is 0.506. The fourth-order valence-corrected chi connectivity index (χ4v) is 4.34. The Morgan fingerprint density at radius 3 is 2.09 bits per heavy atom. The van der Waals surface area contributed by atoms with Crippen LogP contribution < -0.4 is 10.6 Å². The molecule has 0 atom stereocenters. The van der Waals surface area contributed by atoms with Crippen LogP contribution in [0.1, 0.15) is 5.69 Å². The van der Waals surface area contributed by atoms with Crippen molar-refractivity contribution in [1.29, 1.82) is 0 Å². The number of nitrogen functional groups attached to an aromatic ring is 1. The zero-order chi connectivity index (χ0) is 21.9. The van der Waals surface area contributed by atoms with Crippen molar-refractivity contribution >= 4 is 11.5 Å². The summed E-state index contributed by atoms with van der Waals surface area (Å²) in [6, 6.07) is 27.1. The van der Waals surface area contributed by atoms with Crippen molar-refractivity contribution in [3.63, 3.8) is 0 Å². The Morgan fingerprint density at radius 2 is 1.41 bits per heavy atom. The van der Waals surface area contributed by atoms with E-state index in [1.165, 1.54) is 6.07 Å². The molecule has 0 amide bonds. The molecule has 1 aromatic heterocycles. The Hall–Kier alpha value is -3.64. The van der Waals surface area contributed by atoms with Gasteiger partial charge >= 0.3 is 0 Å². The summed E-state index contributed by atoms with van der Waals surface area (Å²) in [5.41, 5.74) is 11.2. The standard InChI is InChI=1S/C26H26FN5/c27-22-13-7-8-14-24(22)31-17-15-30(16-18-31)19-23-25(20-9-3-1-4-10-20)26(28)32(29-23)21-11-5-2-6-12-21/h1-14H,15-19,28H2. The van der Waals surface area contributed by atoms with Crippen molar-refractivity contribution in [2.45, 2.75) is 6.54 Å². The van der Waals surface area contributed by atoms with Gasteiger partial charge in [-0.1, -0.05) is 60.7 Å². The van der Waals surface area contributed by atoms with Gasteiger partial charge in [-0.05, 0) is 29.8 Å². The number of hydrogen-bond donors (Lipinski definition) is 1. The van der Waals surface area contributed by atoms with Crippen LogP contribution >= 0.6 is 0 Å². The van der Waals surface area contributed by atoms with E-state index in [1.807, 2.05) is 65.3 Å². The lowest BCUT2D eigenvalue weighted by Gasteiger charge is -2.36. The van der Waals surface area contributed by atoms with Gasteiger partial charge in [0.2, 0.25) is 0 Å². The Bertz CT molecular complexity index is 1180. The van der Waals surface area contributed by atoms with Gasteiger partial charge in [-0.3, -0.25) is 4.90 Å². The molecule has 162 valence electrons. The van der Waals surface area contributed by atoms with Gasteiger partial charge in [0.1, 0.15) is 11.6 Å². The second kappa shape index (κ2) is 8.85. The molecule has 2 N–H and O–H groups in total. The van der Waals surface area contributed by atoms with E-state index in [2.05, 4.69) is 21.9 Å². The Morgan fingerprint density at radius 1 is 0.781 bits per heavy atom. The maximum atomic E-state index is 14.2. The SMILES string of the molecule is Nc1c(-c2ccccc2)c(CN2CCN(c3ccccc3F)CC2)nn1-c1ccccc1. The summed E-state index contributed by atoms with van der Waals surface area (Å²) >= 11 is 0. The number of nitrogens with zero attached hydrogens (tertiary/aromatic N) is 4. The van der Waals surface area contributed by atoms with Crippen LogP contribution in [0.4, 0.5) is 15.9 Å². The summed E-state index contributed by atoms with van der Waals surface area (Å²) in [5.74, 6) is 0.476. The first-order chi connectivity index (χ1) is 15.7. The third kappa shape index (κ3) is 3.97. The zero-order valence-corrected chi connectivity index (χ0v) is 17.9. The molecule has 0 spiro atoms. The van der Waals surface area contributed by atoms with Gasteiger partial charge in [0.25, 0.3) is 0 Å². The van der Waals surface area contributed by atoms with Gasteiger partial charge in [0, 0.05) is 38.3 Å². The molecule has 4 aromatic rings. The minimum absolute atomic E-state index is 0.165. The third-order valence-corrected chi connectivity index (χ3v) is 6.00. The van der Waals surface area contributed by atoms with Crippen molar-refractivity contribution in [2.75, 3.05) is 36.8 Å². The lowest BCUT2D eigenvalue weighted by atomic mass is 10.0. The maximum absolute atomic E-state index is 14.2. The molecule has 0 bridgehead atoms. The van der Waals surface area contributed by atoms with Crippen LogP contribution in [0.15, 0.2) is 84.9 Å². The normalized spacial score (nSPS) is 14.6. The average molecular weight is 428 g/mol. The minimum atomic E-state index is -0.165. The summed E-state index contributed by atoms with van der Waals surface area (Å²) < 4.78 is 16.0. The third-order valence-electron chi connectivity index (χ3n) is 6.00. The molecule has 1 fully saturated rings. The van der Waals surface area contributed by atoms with Crippen LogP contribution in [0.5, 0.6) is 0 Å². The highest BCUT2D eigenvalue weighted by Gasteiger charge is 2.24. The number of para-hydroxylation sites is 2. The fraction of sp³-hybridized carbons (Fsp3) is 0.192. The Kier molecular flexibility index (Phi) is 5.60. The van der Waals surface area contributed by atoms with E-state index >= 15 is 0 Å². The van der Waals surface area contributed by atoms with Crippen LogP contribution in [0.3, 0.4) is 0 Å². The van der Waals surface area contributed by atoms with Gasteiger partial charge in [0.15, 0.2) is 0 Å². The predicted molar refractivity (Wildman–Crippen MR) is 127 cm³/mol. The largest absolute Gasteiger partial charge is 0.383 e. The molecule has 2 heterocycles.